The third kappa shape index (κ3) is 2.48. The van der Waals surface area contributed by atoms with Crippen molar-refractivity contribution in [1.82, 2.24) is 9.88 Å². The van der Waals surface area contributed by atoms with Crippen molar-refractivity contribution in [3.8, 4) is 0 Å². The van der Waals surface area contributed by atoms with Crippen LogP contribution in [0, 0.1) is 16.0 Å². The predicted octanol–water partition coefficient (Wildman–Crippen LogP) is 2.01. The molecular formula is C11H14ClN3O3. The number of halogens is 1. The van der Waals surface area contributed by atoms with E-state index in [4.69, 9.17) is 11.6 Å². The number of carbonyl (C=O) groups is 1. The van der Waals surface area contributed by atoms with Crippen LogP contribution < -0.4 is 0 Å². The molecule has 98 valence electrons. The lowest BCUT2D eigenvalue weighted by molar-refractivity contribution is -0.384. The molecular weight excluding hydrogens is 258 g/mol. The van der Waals surface area contributed by atoms with Crippen LogP contribution >= 0.6 is 11.6 Å². The second kappa shape index (κ2) is 4.97. The summed E-state index contributed by atoms with van der Waals surface area (Å²) in [6.45, 7) is 3.17. The smallest absolute Gasteiger partial charge is 0.287 e. The molecule has 1 aromatic heterocycles. The maximum absolute atomic E-state index is 12.1. The van der Waals surface area contributed by atoms with Gasteiger partial charge < -0.3 is 9.88 Å². The van der Waals surface area contributed by atoms with E-state index < -0.39 is 4.92 Å². The topological polar surface area (TPSA) is 79.2 Å². The summed E-state index contributed by atoms with van der Waals surface area (Å²) in [5.74, 6) is 0.148. The average Bonchev–Trinajstić information content (AvgIpc) is 2.81. The van der Waals surface area contributed by atoms with Crippen molar-refractivity contribution in [2.24, 2.45) is 5.92 Å². The summed E-state index contributed by atoms with van der Waals surface area (Å²) in [4.78, 5) is 26.4. The molecule has 0 radical (unpaired) electrons. The van der Waals surface area contributed by atoms with Crippen molar-refractivity contribution in [1.29, 1.82) is 0 Å². The van der Waals surface area contributed by atoms with Gasteiger partial charge in [-0.05, 0) is 12.3 Å². The molecule has 0 bridgehead atoms. The third-order valence-corrected chi connectivity index (χ3v) is 3.83. The summed E-state index contributed by atoms with van der Waals surface area (Å²) in [5.41, 5.74) is 0.131. The van der Waals surface area contributed by atoms with Gasteiger partial charge in [-0.3, -0.25) is 14.9 Å². The minimum absolute atomic E-state index is 0.0624. The highest BCUT2D eigenvalue weighted by Crippen LogP contribution is 2.23. The highest BCUT2D eigenvalue weighted by molar-refractivity contribution is 6.21. The molecule has 2 rings (SSSR count). The Morgan fingerprint density at radius 1 is 1.67 bits per heavy atom. The van der Waals surface area contributed by atoms with Crippen molar-refractivity contribution in [2.45, 2.75) is 18.7 Å². The number of hydrogen-bond acceptors (Lipinski definition) is 3. The van der Waals surface area contributed by atoms with Gasteiger partial charge in [-0.1, -0.05) is 6.92 Å². The molecule has 1 aromatic rings. The van der Waals surface area contributed by atoms with Gasteiger partial charge in [0.05, 0.1) is 16.5 Å². The zero-order chi connectivity index (χ0) is 13.3. The molecule has 0 aliphatic carbocycles. The van der Waals surface area contributed by atoms with E-state index in [0.717, 1.165) is 6.42 Å². The first-order chi connectivity index (χ1) is 8.49. The Bertz CT molecular complexity index is 474. The van der Waals surface area contributed by atoms with Gasteiger partial charge in [-0.15, -0.1) is 11.6 Å². The van der Waals surface area contributed by atoms with Crippen molar-refractivity contribution < 1.29 is 9.72 Å². The van der Waals surface area contributed by atoms with E-state index in [1.165, 1.54) is 12.3 Å². The Hall–Kier alpha value is -1.56. The van der Waals surface area contributed by atoms with E-state index >= 15 is 0 Å². The summed E-state index contributed by atoms with van der Waals surface area (Å²) in [6.07, 6.45) is 2.07. The van der Waals surface area contributed by atoms with Gasteiger partial charge in [0.25, 0.3) is 11.6 Å². The molecule has 1 saturated heterocycles. The van der Waals surface area contributed by atoms with Gasteiger partial charge in [0.15, 0.2) is 0 Å². The van der Waals surface area contributed by atoms with Crippen LogP contribution in [0.25, 0.3) is 0 Å². The first-order valence-corrected chi connectivity index (χ1v) is 6.19. The third-order valence-electron chi connectivity index (χ3n) is 3.26. The number of carbonyl (C=O) groups excluding carboxylic acids is 1. The van der Waals surface area contributed by atoms with E-state index in [9.17, 15) is 14.9 Å². The Morgan fingerprint density at radius 2 is 2.39 bits per heavy atom. The van der Waals surface area contributed by atoms with Crippen LogP contribution in [0.4, 0.5) is 5.69 Å². The van der Waals surface area contributed by atoms with Gasteiger partial charge >= 0.3 is 0 Å². The van der Waals surface area contributed by atoms with Crippen LogP contribution in [0.2, 0.25) is 0 Å². The van der Waals surface area contributed by atoms with Gasteiger partial charge in [-0.2, -0.15) is 0 Å². The number of piperidine rings is 1. The normalized spacial score (nSPS) is 24.0. The Labute approximate surface area is 109 Å². The first kappa shape index (κ1) is 12.9. The van der Waals surface area contributed by atoms with Crippen LogP contribution in [0.3, 0.4) is 0 Å². The van der Waals surface area contributed by atoms with E-state index in [1.807, 2.05) is 0 Å². The number of aromatic nitrogens is 1. The Morgan fingerprint density at radius 3 is 2.94 bits per heavy atom. The maximum Gasteiger partial charge on any atom is 0.287 e. The number of hydrogen-bond donors (Lipinski definition) is 1. The SMILES string of the molecule is CC1CCN(C(=O)c2cc([N+](=O)[O-])c[nH]2)CC1Cl. The molecule has 18 heavy (non-hydrogen) atoms. The summed E-state index contributed by atoms with van der Waals surface area (Å²) in [5, 5.41) is 10.5. The molecule has 0 spiro atoms. The van der Waals surface area contributed by atoms with Crippen LogP contribution in [-0.2, 0) is 0 Å². The number of nitrogens with zero attached hydrogens (tertiary/aromatic N) is 2. The highest BCUT2D eigenvalue weighted by atomic mass is 35.5. The fourth-order valence-corrected chi connectivity index (χ4v) is 2.28. The quantitative estimate of drug-likeness (QED) is 0.508. The lowest BCUT2D eigenvalue weighted by Gasteiger charge is -2.33. The number of nitro groups is 1. The molecule has 1 aliphatic heterocycles. The number of rotatable bonds is 2. The van der Waals surface area contributed by atoms with Crippen LogP contribution in [0.5, 0.6) is 0 Å². The number of nitrogens with one attached hydrogen (secondary N) is 1. The fraction of sp³-hybridized carbons (Fsp3) is 0.545. The van der Waals surface area contributed by atoms with Crippen molar-refractivity contribution >= 4 is 23.2 Å². The number of H-pyrrole nitrogens is 1. The summed E-state index contributed by atoms with van der Waals surface area (Å²) in [7, 11) is 0. The first-order valence-electron chi connectivity index (χ1n) is 5.75. The number of aromatic amines is 1. The van der Waals surface area contributed by atoms with Gasteiger partial charge in [-0.25, -0.2) is 0 Å². The second-order valence-corrected chi connectivity index (χ2v) is 5.12. The van der Waals surface area contributed by atoms with Gasteiger partial charge in [0.1, 0.15) is 5.69 Å². The molecule has 1 amide bonds. The minimum atomic E-state index is -0.532. The largest absolute Gasteiger partial charge is 0.351 e. The molecule has 0 aromatic carbocycles. The van der Waals surface area contributed by atoms with E-state index in [0.29, 0.717) is 19.0 Å². The molecule has 0 saturated carbocycles. The number of likely N-dealkylation sites (tertiary alicyclic amines) is 1. The van der Waals surface area contributed by atoms with Crippen LogP contribution in [0.1, 0.15) is 23.8 Å². The average molecular weight is 272 g/mol. The van der Waals surface area contributed by atoms with Crippen LogP contribution in [0.15, 0.2) is 12.3 Å². The van der Waals surface area contributed by atoms with E-state index in [-0.39, 0.29) is 22.7 Å². The summed E-state index contributed by atoms with van der Waals surface area (Å²) >= 11 is 6.14. The lowest BCUT2D eigenvalue weighted by atomic mass is 9.98. The molecule has 1 fully saturated rings. The summed E-state index contributed by atoms with van der Waals surface area (Å²) in [6, 6.07) is 1.25. The fourth-order valence-electron chi connectivity index (χ4n) is 1.99. The van der Waals surface area contributed by atoms with Crippen molar-refractivity contribution in [3.05, 3.63) is 28.1 Å². The van der Waals surface area contributed by atoms with Crippen molar-refractivity contribution in [2.75, 3.05) is 13.1 Å². The number of amides is 1. The Kier molecular flexibility index (Phi) is 3.56. The highest BCUT2D eigenvalue weighted by Gasteiger charge is 2.29. The van der Waals surface area contributed by atoms with Gasteiger partial charge in [0.2, 0.25) is 0 Å². The molecule has 6 nitrogen and oxygen atoms in total. The molecule has 1 N–H and O–H groups in total. The summed E-state index contributed by atoms with van der Waals surface area (Å²) < 4.78 is 0. The van der Waals surface area contributed by atoms with Gasteiger partial charge in [0, 0.05) is 19.2 Å². The zero-order valence-corrected chi connectivity index (χ0v) is 10.7. The molecule has 2 unspecified atom stereocenters. The second-order valence-electron chi connectivity index (χ2n) is 4.56. The van der Waals surface area contributed by atoms with Crippen molar-refractivity contribution in [3.63, 3.8) is 0 Å². The van der Waals surface area contributed by atoms with E-state index in [1.54, 1.807) is 4.90 Å². The molecule has 7 heteroatoms. The van der Waals surface area contributed by atoms with E-state index in [2.05, 4.69) is 11.9 Å². The molecule has 1 aliphatic rings. The monoisotopic (exact) mass is 271 g/mol. The van der Waals surface area contributed by atoms with Crippen LogP contribution in [-0.4, -0.2) is 39.2 Å². The molecule has 2 atom stereocenters. The number of alkyl halides is 1. The molecule has 2 heterocycles. The zero-order valence-electron chi connectivity index (χ0n) is 9.93. The minimum Gasteiger partial charge on any atom is -0.351 e. The maximum atomic E-state index is 12.1. The predicted molar refractivity (Wildman–Crippen MR) is 66.8 cm³/mol. The Balaban J connectivity index is 2.09. The lowest BCUT2D eigenvalue weighted by Crippen LogP contribution is -2.43. The standard InChI is InChI=1S/C11H14ClN3O3/c1-7-2-3-14(6-9(7)12)11(16)10-4-8(5-13-10)15(17)18/h4-5,7,9,13H,2-3,6H2,1H3.